The fraction of sp³-hybridized carbons (Fsp3) is 0.0545. The highest BCUT2D eigenvalue weighted by Crippen LogP contribution is 2.55. The Morgan fingerprint density at radius 1 is 0.421 bits per heavy atom. The minimum atomic E-state index is -4.39. The van der Waals surface area contributed by atoms with Crippen molar-refractivity contribution in [3.05, 3.63) is 229 Å². The second kappa shape index (κ2) is 14.2. The van der Waals surface area contributed by atoms with Crippen molar-refractivity contribution in [1.29, 1.82) is 0 Å². The SMILES string of the molecule is [2H]c1c([2H])c([2H])c(-c2c([2H])c([2H])c(N(c3c([2H])c([2H])c([2H])c([2H])c3[2H])c3c([2H])c([2H])c(-c4c([2H])c([2H])c5c(c4[2H])C(C([2H])([2H])[2H])(C([2H])([2H])[2H])c4c([2H])c([2H])c([2H])c([2H])c4N5c4c(-c5c([2H])c([2H])c([2H])c([2H])c5[2H])c([2H])c([2H])c5c([2H])c([2H])c([2H])c([2H])c45)c([2H])c3[2H])c([2H])c2[2H])c([2H])c1[2H]. The lowest BCUT2D eigenvalue weighted by Gasteiger charge is -2.43. The number of fused-ring (bicyclic) bond motifs is 3. The summed E-state index contributed by atoms with van der Waals surface area (Å²) >= 11 is 0. The van der Waals surface area contributed by atoms with Gasteiger partial charge in [0, 0.05) is 41.7 Å². The molecule has 57 heavy (non-hydrogen) atoms. The molecule has 2 nitrogen and oxygen atoms in total. The van der Waals surface area contributed by atoms with Gasteiger partial charge in [-0.2, -0.15) is 0 Å². The monoisotopic (exact) mass is 773 g/mol. The summed E-state index contributed by atoms with van der Waals surface area (Å²) in [6.45, 7) is -8.78. The van der Waals surface area contributed by atoms with Gasteiger partial charge in [-0.15, -0.1) is 0 Å². The van der Waals surface area contributed by atoms with Crippen LogP contribution in [0.5, 0.6) is 0 Å². The molecule has 1 heterocycles. The maximum absolute atomic E-state index is 10.3. The van der Waals surface area contributed by atoms with Crippen LogP contribution in [0.1, 0.15) is 82.4 Å². The Labute approximate surface area is 394 Å². The second-order valence-electron chi connectivity index (χ2n) is 11.8. The van der Waals surface area contributed by atoms with E-state index in [1.807, 2.05) is 0 Å². The van der Waals surface area contributed by atoms with Crippen LogP contribution in [0.3, 0.4) is 0 Å². The van der Waals surface area contributed by atoms with Crippen molar-refractivity contribution in [3.8, 4) is 33.4 Å². The molecule has 0 N–H and O–H groups in total. The largest absolute Gasteiger partial charge is 0.311 e. The predicted octanol–water partition coefficient (Wildman–Crippen LogP) is 15.4. The van der Waals surface area contributed by atoms with E-state index in [-0.39, 0.29) is 9.80 Å². The smallest absolute Gasteiger partial charge is 0.0645 e. The summed E-state index contributed by atoms with van der Waals surface area (Å²) < 4.78 is 384. The molecule has 1 aliphatic heterocycles. The zero-order chi connectivity index (χ0) is 74.7. The van der Waals surface area contributed by atoms with Crippen LogP contribution in [0.4, 0.5) is 34.1 Å². The van der Waals surface area contributed by atoms with Crippen molar-refractivity contribution in [2.24, 2.45) is 0 Å². The van der Waals surface area contributed by atoms with Crippen LogP contribution in [0.2, 0.25) is 0 Å². The van der Waals surface area contributed by atoms with Gasteiger partial charge in [-0.05, 0) is 98.7 Å². The van der Waals surface area contributed by atoms with E-state index in [1.54, 1.807) is 0 Å². The minimum absolute atomic E-state index is 0.161. The van der Waals surface area contributed by atoms with Crippen LogP contribution in [0.15, 0.2) is 218 Å². The highest BCUT2D eigenvalue weighted by Gasteiger charge is 2.38. The van der Waals surface area contributed by atoms with Crippen molar-refractivity contribution in [2.45, 2.75) is 19.1 Å². The maximum atomic E-state index is 10.3. The molecule has 10 rings (SSSR count). The van der Waals surface area contributed by atoms with Crippen LogP contribution >= 0.6 is 0 Å². The predicted molar refractivity (Wildman–Crippen MR) is 242 cm³/mol. The standard InChI is InChI=1S/C55H42N2/c1-55(2)50-24-14-15-25-52(50)57(54-48-23-13-12-20-43(48)30-36-49(54)42-18-8-4-9-19-42)53-37-31-44(38-51(53)55)41-28-34-47(35-29-41)56(45-21-10-5-11-22-45)46-32-26-40(27-33-46)39-16-6-3-7-17-39/h3-38H,1-2H3/i1D3,2D3,3D,4D,5D,6D,7D,8D,9D,10D,11D,12D,13D,14D,15D,16D,17D,18D,19D,20D,21D,22D,23D,24D,25D,26D,27D,28D,29D,30D,31D,32D,33D,34D,35D,36D,37D,38D. The maximum Gasteiger partial charge on any atom is 0.0645 e. The van der Waals surface area contributed by atoms with Crippen LogP contribution in [-0.4, -0.2) is 0 Å². The topological polar surface area (TPSA) is 6.48 Å². The van der Waals surface area contributed by atoms with Gasteiger partial charge in [0.1, 0.15) is 0 Å². The van der Waals surface area contributed by atoms with E-state index in [4.69, 9.17) is 27.4 Å². The molecule has 9 aromatic rings. The van der Waals surface area contributed by atoms with Gasteiger partial charge in [0.05, 0.1) is 66.4 Å². The Balaban J connectivity index is 1.45. The molecule has 0 aliphatic carbocycles. The third-order valence-electron chi connectivity index (χ3n) is 8.49. The van der Waals surface area contributed by atoms with Crippen LogP contribution < -0.4 is 9.80 Å². The van der Waals surface area contributed by atoms with E-state index in [1.165, 1.54) is 0 Å². The number of nitrogens with zero attached hydrogens (tertiary/aromatic N) is 2. The van der Waals surface area contributed by atoms with Gasteiger partial charge in [0.15, 0.2) is 0 Å². The highest BCUT2D eigenvalue weighted by molar-refractivity contribution is 6.07. The quantitative estimate of drug-likeness (QED) is 0.159. The van der Waals surface area contributed by atoms with E-state index in [0.29, 0.717) is 0 Å². The molecule has 0 amide bonds. The first-order chi connectivity index (χ1) is 45.5. The van der Waals surface area contributed by atoms with Crippen molar-refractivity contribution in [1.82, 2.24) is 0 Å². The fourth-order valence-corrected chi connectivity index (χ4v) is 5.99. The molecule has 0 radical (unpaired) electrons. The average molecular weight is 773 g/mol. The molecule has 0 saturated carbocycles. The Morgan fingerprint density at radius 3 is 1.61 bits per heavy atom. The molecule has 9 aromatic carbocycles. The fourth-order valence-electron chi connectivity index (χ4n) is 5.99. The zero-order valence-electron chi connectivity index (χ0n) is 70.4. The first-order valence-electron chi connectivity index (χ1n) is 37.3. The first-order valence-corrected chi connectivity index (χ1v) is 16.3. The summed E-state index contributed by atoms with van der Waals surface area (Å²) in [7, 11) is 0. The van der Waals surface area contributed by atoms with E-state index in [2.05, 4.69) is 0 Å². The summed E-state index contributed by atoms with van der Waals surface area (Å²) in [5.41, 5.74) is -22.7. The number of benzene rings is 9. The normalized spacial score (nSPS) is 23.7. The lowest BCUT2D eigenvalue weighted by atomic mass is 9.72. The third kappa shape index (κ3) is 6.07. The molecule has 0 unspecified atom stereocenters. The summed E-state index contributed by atoms with van der Waals surface area (Å²) in [5, 5.41) is -2.08. The van der Waals surface area contributed by atoms with Crippen LogP contribution in [0, 0.1) is 0 Å². The molecule has 0 atom stereocenters. The van der Waals surface area contributed by atoms with E-state index >= 15 is 0 Å². The summed E-state index contributed by atoms with van der Waals surface area (Å²) in [6, 6.07) is -46.8. The average Bonchev–Trinajstić information content (AvgIpc) is 0.659. The van der Waals surface area contributed by atoms with Gasteiger partial charge >= 0.3 is 0 Å². The Bertz CT molecular complexity index is 5050. The van der Waals surface area contributed by atoms with Crippen molar-refractivity contribution in [2.75, 3.05) is 9.80 Å². The molecule has 0 aromatic heterocycles. The molecule has 0 spiro atoms. The van der Waals surface area contributed by atoms with Gasteiger partial charge in [-0.1, -0.05) is 177 Å². The number of hydrogen-bond donors (Lipinski definition) is 0. The van der Waals surface area contributed by atoms with Gasteiger partial charge in [0.2, 0.25) is 0 Å². The van der Waals surface area contributed by atoms with Crippen LogP contribution in [-0.2, 0) is 5.41 Å². The number of hydrogen-bond acceptors (Lipinski definition) is 2. The number of rotatable bonds is 7. The third-order valence-corrected chi connectivity index (χ3v) is 8.49. The molecule has 272 valence electrons. The van der Waals surface area contributed by atoms with Crippen molar-refractivity contribution < 1.29 is 57.6 Å². The van der Waals surface area contributed by atoms with Crippen LogP contribution in [0.25, 0.3) is 44.2 Å². The minimum Gasteiger partial charge on any atom is -0.311 e. The zero-order valence-corrected chi connectivity index (χ0v) is 28.4. The second-order valence-corrected chi connectivity index (χ2v) is 11.8. The molecular formula is C55H42N2. The van der Waals surface area contributed by atoms with Crippen molar-refractivity contribution >= 4 is 44.9 Å². The number of anilines is 6. The molecule has 0 saturated heterocycles. The molecule has 1 aliphatic rings. The Kier molecular flexibility index (Phi) is 2.90. The summed E-state index contributed by atoms with van der Waals surface area (Å²) in [5.74, 6) is 0. The lowest BCUT2D eigenvalue weighted by molar-refractivity contribution is 0.632. The van der Waals surface area contributed by atoms with Crippen molar-refractivity contribution in [3.63, 3.8) is 0 Å². The van der Waals surface area contributed by atoms with E-state index < -0.39 is 326 Å². The Hall–Kier alpha value is -7.16. The summed E-state index contributed by atoms with van der Waals surface area (Å²) in [6.07, 6.45) is 0. The van der Waals surface area contributed by atoms with Gasteiger partial charge in [-0.3, -0.25) is 0 Å². The highest BCUT2D eigenvalue weighted by atomic mass is 15.2. The molecular weight excluding hydrogens is 689 g/mol. The van der Waals surface area contributed by atoms with Gasteiger partial charge in [0.25, 0.3) is 0 Å². The Morgan fingerprint density at radius 2 is 0.930 bits per heavy atom. The summed E-state index contributed by atoms with van der Waals surface area (Å²) in [4.78, 5) is 0.419. The van der Waals surface area contributed by atoms with Gasteiger partial charge < -0.3 is 9.80 Å². The van der Waals surface area contributed by atoms with Gasteiger partial charge in [-0.25, -0.2) is 0 Å². The molecule has 0 fully saturated rings. The first kappa shape index (κ1) is 11.7. The molecule has 0 bridgehead atoms. The van der Waals surface area contributed by atoms with E-state index in [9.17, 15) is 30.2 Å². The van der Waals surface area contributed by atoms with E-state index in [0.717, 1.165) is 0 Å². The molecule has 2 heteroatoms. The lowest BCUT2D eigenvalue weighted by Crippen LogP contribution is -2.31. The number of para-hydroxylation sites is 2.